The summed E-state index contributed by atoms with van der Waals surface area (Å²) < 4.78 is 0. The molecule has 0 aromatic heterocycles. The molecular formula is C5H15N5. The summed E-state index contributed by atoms with van der Waals surface area (Å²) in [6.07, 6.45) is 1.54. The van der Waals surface area contributed by atoms with Gasteiger partial charge in [-0.25, -0.2) is 5.43 Å². The van der Waals surface area contributed by atoms with Crippen molar-refractivity contribution in [1.82, 2.24) is 15.9 Å². The van der Waals surface area contributed by atoms with Gasteiger partial charge in [0, 0.05) is 26.0 Å². The molecule has 6 N–H and O–H groups in total. The van der Waals surface area contributed by atoms with Crippen LogP contribution >= 0.6 is 0 Å². The molecule has 0 spiro atoms. The molecule has 10 heavy (non-hydrogen) atoms. The molecule has 0 fully saturated rings. The van der Waals surface area contributed by atoms with Crippen LogP contribution in [0.2, 0.25) is 0 Å². The highest BCUT2D eigenvalue weighted by molar-refractivity contribution is 4.95. The van der Waals surface area contributed by atoms with Gasteiger partial charge in [0.05, 0.1) is 6.54 Å². The molecular weight excluding hydrogens is 130 g/mol. The monoisotopic (exact) mass is 145 g/mol. The van der Waals surface area contributed by atoms with Crippen molar-refractivity contribution < 1.29 is 0 Å². The van der Waals surface area contributed by atoms with E-state index in [2.05, 4.69) is 10.9 Å². The Morgan fingerprint density at radius 3 is 2.60 bits per heavy atom. The first kappa shape index (κ1) is 9.22. The van der Waals surface area contributed by atoms with E-state index in [1.165, 1.54) is 6.20 Å². The molecule has 0 radical (unpaired) electrons. The number of nitrogens with zero attached hydrogens (tertiary/aromatic N) is 1. The van der Waals surface area contributed by atoms with Crippen molar-refractivity contribution in [3.63, 3.8) is 0 Å². The van der Waals surface area contributed by atoms with Gasteiger partial charge in [-0.3, -0.25) is 10.9 Å². The molecule has 0 unspecified atom stereocenters. The van der Waals surface area contributed by atoms with Gasteiger partial charge in [0.2, 0.25) is 0 Å². The maximum atomic E-state index is 5.46. The van der Waals surface area contributed by atoms with Crippen molar-refractivity contribution in [2.24, 2.45) is 11.6 Å². The molecule has 0 heterocycles. The lowest BCUT2D eigenvalue weighted by atomic mass is 10.5. The van der Waals surface area contributed by atoms with Crippen LogP contribution in [0.5, 0.6) is 0 Å². The lowest BCUT2D eigenvalue weighted by Gasteiger charge is -2.11. The lowest BCUT2D eigenvalue weighted by molar-refractivity contribution is 0.302. The first-order chi connectivity index (χ1) is 4.66. The van der Waals surface area contributed by atoms with Gasteiger partial charge in [-0.15, -0.1) is 0 Å². The van der Waals surface area contributed by atoms with E-state index in [1.807, 2.05) is 19.1 Å². The largest absolute Gasteiger partial charge is 0.400 e. The number of hydrogen-bond donors (Lipinski definition) is 4. The molecule has 0 aromatic carbocycles. The Hall–Kier alpha value is -0.780. The summed E-state index contributed by atoms with van der Waals surface area (Å²) >= 11 is 0. The molecule has 0 aliphatic heterocycles. The summed E-state index contributed by atoms with van der Waals surface area (Å²) in [5.41, 5.74) is 11.4. The maximum absolute atomic E-state index is 5.46. The average molecular weight is 145 g/mol. The van der Waals surface area contributed by atoms with Crippen LogP contribution in [0.25, 0.3) is 0 Å². The fourth-order valence-electron chi connectivity index (χ4n) is 0.407. The number of nitrogens with one attached hydrogen (secondary N) is 2. The minimum atomic E-state index is 0.594. The summed E-state index contributed by atoms with van der Waals surface area (Å²) in [5, 5.41) is 1.82. The van der Waals surface area contributed by atoms with Gasteiger partial charge in [-0.05, 0) is 0 Å². The molecule has 0 atom stereocenters. The molecule has 0 bridgehead atoms. The highest BCUT2D eigenvalue weighted by atomic mass is 15.5. The number of hydrogen-bond acceptors (Lipinski definition) is 5. The smallest absolute Gasteiger partial charge is 0.0514 e. The molecule has 5 heteroatoms. The molecule has 0 saturated carbocycles. The van der Waals surface area contributed by atoms with Gasteiger partial charge in [-0.2, -0.15) is 0 Å². The third-order valence-corrected chi connectivity index (χ3v) is 0.868. The Balaban J connectivity index is 3.39. The molecule has 0 aliphatic carbocycles. The van der Waals surface area contributed by atoms with E-state index >= 15 is 0 Å². The molecule has 0 aromatic rings. The highest BCUT2D eigenvalue weighted by Gasteiger charge is 1.89. The van der Waals surface area contributed by atoms with Crippen LogP contribution in [0.1, 0.15) is 0 Å². The van der Waals surface area contributed by atoms with Crippen LogP contribution in [0.15, 0.2) is 11.9 Å². The van der Waals surface area contributed by atoms with E-state index in [0.29, 0.717) is 12.2 Å². The third kappa shape index (κ3) is 5.36. The third-order valence-electron chi connectivity index (χ3n) is 0.868. The Morgan fingerprint density at radius 1 is 1.60 bits per heavy atom. The van der Waals surface area contributed by atoms with Crippen LogP contribution in [-0.2, 0) is 0 Å². The van der Waals surface area contributed by atoms with Crippen LogP contribution in [-0.4, -0.2) is 25.6 Å². The molecule has 0 saturated heterocycles. The quantitative estimate of drug-likeness (QED) is 0.280. The summed E-state index contributed by atoms with van der Waals surface area (Å²) in [4.78, 5) is 0. The predicted molar refractivity (Wildman–Crippen MR) is 41.3 cm³/mol. The predicted octanol–water partition coefficient (Wildman–Crippen LogP) is -1.68. The van der Waals surface area contributed by atoms with Crippen molar-refractivity contribution in [2.45, 2.75) is 0 Å². The lowest BCUT2D eigenvalue weighted by Crippen LogP contribution is -2.34. The van der Waals surface area contributed by atoms with Crippen LogP contribution in [0, 0.1) is 0 Å². The second-order valence-electron chi connectivity index (χ2n) is 2.12. The second kappa shape index (κ2) is 5.04. The van der Waals surface area contributed by atoms with E-state index in [9.17, 15) is 0 Å². The van der Waals surface area contributed by atoms with E-state index in [1.54, 1.807) is 0 Å². The Labute approximate surface area is 61.0 Å². The Kier molecular flexibility index (Phi) is 4.65. The van der Waals surface area contributed by atoms with Gasteiger partial charge < -0.3 is 11.2 Å². The standard InChI is InChI=1S/C5H15N5/c1-10(2)9-4-5(6)3-8-7/h3,8-9H,4,6-7H2,1-2H3/b5-3+. The normalized spacial score (nSPS) is 12.2. The van der Waals surface area contributed by atoms with Crippen molar-refractivity contribution in [3.8, 4) is 0 Å². The van der Waals surface area contributed by atoms with Gasteiger partial charge in [0.15, 0.2) is 0 Å². The van der Waals surface area contributed by atoms with Crippen molar-refractivity contribution in [3.05, 3.63) is 11.9 Å². The minimum absolute atomic E-state index is 0.594. The number of hydrazine groups is 2. The van der Waals surface area contributed by atoms with Crippen LogP contribution in [0.3, 0.4) is 0 Å². The molecule has 0 amide bonds. The number of nitrogens with two attached hydrogens (primary N) is 2. The van der Waals surface area contributed by atoms with Crippen molar-refractivity contribution in [2.75, 3.05) is 20.6 Å². The van der Waals surface area contributed by atoms with E-state index in [0.717, 1.165) is 0 Å². The summed E-state index contributed by atoms with van der Waals surface area (Å²) in [6, 6.07) is 0. The van der Waals surface area contributed by atoms with Crippen molar-refractivity contribution in [1.29, 1.82) is 0 Å². The average Bonchev–Trinajstić information content (AvgIpc) is 1.85. The second-order valence-corrected chi connectivity index (χ2v) is 2.12. The molecule has 0 rings (SSSR count). The summed E-state index contributed by atoms with van der Waals surface area (Å²) in [7, 11) is 3.78. The van der Waals surface area contributed by atoms with Gasteiger partial charge in [0.1, 0.15) is 0 Å². The number of rotatable bonds is 4. The summed E-state index contributed by atoms with van der Waals surface area (Å²) in [6.45, 7) is 0.594. The van der Waals surface area contributed by atoms with Gasteiger partial charge >= 0.3 is 0 Å². The topological polar surface area (TPSA) is 79.3 Å². The first-order valence-corrected chi connectivity index (χ1v) is 2.98. The van der Waals surface area contributed by atoms with Crippen LogP contribution < -0.4 is 22.4 Å². The van der Waals surface area contributed by atoms with Gasteiger partial charge in [0.25, 0.3) is 0 Å². The van der Waals surface area contributed by atoms with Gasteiger partial charge in [-0.1, -0.05) is 0 Å². The Morgan fingerprint density at radius 2 is 2.20 bits per heavy atom. The van der Waals surface area contributed by atoms with Crippen molar-refractivity contribution >= 4 is 0 Å². The van der Waals surface area contributed by atoms with Crippen LogP contribution in [0.4, 0.5) is 0 Å². The molecule has 5 nitrogen and oxygen atoms in total. The first-order valence-electron chi connectivity index (χ1n) is 2.98. The summed E-state index contributed by atoms with van der Waals surface area (Å²) in [5.74, 6) is 4.99. The van der Waals surface area contributed by atoms with E-state index < -0.39 is 0 Å². The van der Waals surface area contributed by atoms with E-state index in [4.69, 9.17) is 11.6 Å². The molecule has 60 valence electrons. The zero-order valence-corrected chi connectivity index (χ0v) is 6.39. The Bertz CT molecular complexity index is 109. The van der Waals surface area contributed by atoms with E-state index in [-0.39, 0.29) is 0 Å². The minimum Gasteiger partial charge on any atom is -0.400 e. The zero-order valence-electron chi connectivity index (χ0n) is 6.39. The fraction of sp³-hybridized carbons (Fsp3) is 0.600. The molecule has 0 aliphatic rings. The maximum Gasteiger partial charge on any atom is 0.0514 e. The SMILES string of the molecule is CN(C)NC/C(N)=C\NN. The zero-order chi connectivity index (χ0) is 7.98. The highest BCUT2D eigenvalue weighted by Crippen LogP contribution is 1.75. The fourth-order valence-corrected chi connectivity index (χ4v) is 0.407.